The molecule has 2 amide bonds. The van der Waals surface area contributed by atoms with E-state index in [0.29, 0.717) is 6.54 Å². The Bertz CT molecular complexity index is 511. The summed E-state index contributed by atoms with van der Waals surface area (Å²) in [5.74, 6) is 0. The van der Waals surface area contributed by atoms with Crippen LogP contribution in [-0.4, -0.2) is 30.4 Å². The van der Waals surface area contributed by atoms with Crippen LogP contribution in [-0.2, 0) is 4.74 Å². The van der Waals surface area contributed by atoms with E-state index in [0.717, 1.165) is 36.9 Å². The Labute approximate surface area is 138 Å². The number of rotatable bonds is 5. The molecule has 0 aliphatic heterocycles. The number of hydrogen-bond acceptors (Lipinski definition) is 3. The molecule has 0 radical (unpaired) electrons. The van der Waals surface area contributed by atoms with Crippen LogP contribution < -0.4 is 10.6 Å². The molecular weight excluding hydrogens is 292 g/mol. The maximum atomic E-state index is 12.1. The zero-order valence-corrected chi connectivity index (χ0v) is 14.1. The zero-order valence-electron chi connectivity index (χ0n) is 14.1. The molecule has 1 aliphatic carbocycles. The molecule has 1 fully saturated rings. The summed E-state index contributed by atoms with van der Waals surface area (Å²) in [7, 11) is 1.66. The summed E-state index contributed by atoms with van der Waals surface area (Å²) in [6.07, 6.45) is 5.87. The van der Waals surface area contributed by atoms with Gasteiger partial charge in [0.15, 0.2) is 0 Å². The molecule has 0 heterocycles. The van der Waals surface area contributed by atoms with Crippen LogP contribution in [0.15, 0.2) is 24.3 Å². The molecule has 1 unspecified atom stereocenters. The molecule has 1 saturated carbocycles. The Hall–Kier alpha value is -1.59. The molecule has 5 heteroatoms. The first-order valence-corrected chi connectivity index (χ1v) is 8.42. The number of ether oxygens (including phenoxy) is 1. The second-order valence-electron chi connectivity index (χ2n) is 6.45. The van der Waals surface area contributed by atoms with Crippen LogP contribution in [0.4, 0.5) is 10.5 Å². The minimum absolute atomic E-state index is 0.0217. The van der Waals surface area contributed by atoms with Crippen LogP contribution in [0.5, 0.6) is 0 Å². The average molecular weight is 320 g/mol. The van der Waals surface area contributed by atoms with E-state index in [1.807, 2.05) is 31.2 Å². The highest BCUT2D eigenvalue weighted by atomic mass is 16.5. The van der Waals surface area contributed by atoms with E-state index in [9.17, 15) is 9.90 Å². The summed E-state index contributed by atoms with van der Waals surface area (Å²) in [5.41, 5.74) is 0.963. The Morgan fingerprint density at radius 1 is 1.30 bits per heavy atom. The first-order valence-electron chi connectivity index (χ1n) is 8.42. The normalized spacial score (nSPS) is 18.7. The number of nitrogens with one attached hydrogen (secondary N) is 2. The quantitative estimate of drug-likeness (QED) is 0.726. The molecule has 1 atom stereocenters. The van der Waals surface area contributed by atoms with E-state index in [-0.39, 0.29) is 12.1 Å². The summed E-state index contributed by atoms with van der Waals surface area (Å²) < 4.78 is 5.29. The number of urea groups is 1. The third-order valence-electron chi connectivity index (χ3n) is 4.58. The number of aliphatic hydroxyl groups is 1. The molecule has 1 aliphatic rings. The molecule has 0 bridgehead atoms. The topological polar surface area (TPSA) is 70.6 Å². The summed E-state index contributed by atoms with van der Waals surface area (Å²) in [6.45, 7) is 2.26. The molecular formula is C18H28N2O3. The van der Waals surface area contributed by atoms with Crippen molar-refractivity contribution in [3.63, 3.8) is 0 Å². The van der Waals surface area contributed by atoms with Gasteiger partial charge in [0.05, 0.1) is 11.7 Å². The van der Waals surface area contributed by atoms with Gasteiger partial charge >= 0.3 is 6.03 Å². The number of carbonyl (C=O) groups excluding carboxylic acids is 1. The largest absolute Gasteiger partial charge is 0.388 e. The van der Waals surface area contributed by atoms with Crippen molar-refractivity contribution >= 4 is 11.7 Å². The van der Waals surface area contributed by atoms with E-state index >= 15 is 0 Å². The summed E-state index contributed by atoms with van der Waals surface area (Å²) in [4.78, 5) is 12.1. The first-order chi connectivity index (χ1) is 11.0. The highest BCUT2D eigenvalue weighted by Gasteiger charge is 2.28. The van der Waals surface area contributed by atoms with Crippen molar-refractivity contribution in [1.82, 2.24) is 5.32 Å². The van der Waals surface area contributed by atoms with Crippen LogP contribution >= 0.6 is 0 Å². The zero-order chi connectivity index (χ0) is 16.7. The van der Waals surface area contributed by atoms with E-state index in [2.05, 4.69) is 10.6 Å². The fourth-order valence-corrected chi connectivity index (χ4v) is 2.99. The first kappa shape index (κ1) is 17.8. The molecule has 128 valence electrons. The molecule has 23 heavy (non-hydrogen) atoms. The molecule has 0 spiro atoms. The van der Waals surface area contributed by atoms with Crippen molar-refractivity contribution in [1.29, 1.82) is 0 Å². The minimum Gasteiger partial charge on any atom is -0.388 e. The standard InChI is InChI=1S/C18H28N2O3/c1-14(23-2)15-8-7-9-16(12-15)20-17(21)19-13-18(22)10-5-3-4-6-11-18/h7-9,12,14,22H,3-6,10-11,13H2,1-2H3,(H2,19,20,21). The second-order valence-corrected chi connectivity index (χ2v) is 6.45. The van der Waals surface area contributed by atoms with Gasteiger partial charge in [-0.3, -0.25) is 0 Å². The maximum absolute atomic E-state index is 12.1. The Balaban J connectivity index is 1.87. The molecule has 5 nitrogen and oxygen atoms in total. The third kappa shape index (κ3) is 5.52. The molecule has 0 saturated heterocycles. The van der Waals surface area contributed by atoms with Gasteiger partial charge in [-0.1, -0.05) is 37.8 Å². The van der Waals surface area contributed by atoms with Gasteiger partial charge < -0.3 is 20.5 Å². The number of carbonyl (C=O) groups is 1. The van der Waals surface area contributed by atoms with Gasteiger partial charge in [0.1, 0.15) is 0 Å². The second kappa shape index (κ2) is 8.31. The van der Waals surface area contributed by atoms with Crippen LogP contribution in [0.3, 0.4) is 0 Å². The van der Waals surface area contributed by atoms with Crippen molar-refractivity contribution in [2.45, 2.75) is 57.2 Å². The highest BCUT2D eigenvalue weighted by Crippen LogP contribution is 2.26. The summed E-state index contributed by atoms with van der Waals surface area (Å²) in [6, 6.07) is 7.30. The molecule has 1 aromatic carbocycles. The van der Waals surface area contributed by atoms with Gasteiger partial charge in [-0.05, 0) is 37.5 Å². The smallest absolute Gasteiger partial charge is 0.319 e. The third-order valence-corrected chi connectivity index (χ3v) is 4.58. The lowest BCUT2D eigenvalue weighted by Crippen LogP contribution is -2.44. The number of hydrogen-bond donors (Lipinski definition) is 3. The monoisotopic (exact) mass is 320 g/mol. The number of benzene rings is 1. The van der Waals surface area contributed by atoms with E-state index < -0.39 is 5.60 Å². The van der Waals surface area contributed by atoms with Gasteiger partial charge in [-0.2, -0.15) is 0 Å². The van der Waals surface area contributed by atoms with Gasteiger partial charge in [-0.25, -0.2) is 4.79 Å². The van der Waals surface area contributed by atoms with Gasteiger partial charge in [0.2, 0.25) is 0 Å². The molecule has 0 aromatic heterocycles. The number of anilines is 1. The molecule has 2 rings (SSSR count). The molecule has 3 N–H and O–H groups in total. The van der Waals surface area contributed by atoms with Crippen LogP contribution in [0.2, 0.25) is 0 Å². The lowest BCUT2D eigenvalue weighted by atomic mass is 9.95. The van der Waals surface area contributed by atoms with E-state index in [4.69, 9.17) is 4.74 Å². The van der Waals surface area contributed by atoms with Gasteiger partial charge in [0.25, 0.3) is 0 Å². The van der Waals surface area contributed by atoms with Gasteiger partial charge in [0, 0.05) is 19.3 Å². The lowest BCUT2D eigenvalue weighted by Gasteiger charge is -2.26. The van der Waals surface area contributed by atoms with Crippen LogP contribution in [0.25, 0.3) is 0 Å². The summed E-state index contributed by atoms with van der Waals surface area (Å²) in [5, 5.41) is 16.2. The van der Waals surface area contributed by atoms with Crippen LogP contribution in [0.1, 0.15) is 57.1 Å². The maximum Gasteiger partial charge on any atom is 0.319 e. The summed E-state index contributed by atoms with van der Waals surface area (Å²) >= 11 is 0. The fraction of sp³-hybridized carbons (Fsp3) is 0.611. The lowest BCUT2D eigenvalue weighted by molar-refractivity contribution is 0.0281. The molecule has 1 aromatic rings. The van der Waals surface area contributed by atoms with Crippen molar-refractivity contribution in [3.8, 4) is 0 Å². The average Bonchev–Trinajstić information content (AvgIpc) is 2.78. The Morgan fingerprint density at radius 3 is 2.65 bits per heavy atom. The number of amides is 2. The number of methoxy groups -OCH3 is 1. The Kier molecular flexibility index (Phi) is 6.42. The fourth-order valence-electron chi connectivity index (χ4n) is 2.99. The van der Waals surface area contributed by atoms with Crippen molar-refractivity contribution in [3.05, 3.63) is 29.8 Å². The van der Waals surface area contributed by atoms with Crippen molar-refractivity contribution in [2.75, 3.05) is 19.0 Å². The van der Waals surface area contributed by atoms with Crippen molar-refractivity contribution < 1.29 is 14.6 Å². The minimum atomic E-state index is -0.764. The SMILES string of the molecule is COC(C)c1cccc(NC(=O)NCC2(O)CCCCCC2)c1. The Morgan fingerprint density at radius 2 is 2.00 bits per heavy atom. The van der Waals surface area contributed by atoms with Gasteiger partial charge in [-0.15, -0.1) is 0 Å². The van der Waals surface area contributed by atoms with E-state index in [1.54, 1.807) is 7.11 Å². The highest BCUT2D eigenvalue weighted by molar-refractivity contribution is 5.89. The predicted molar refractivity (Wildman–Crippen MR) is 91.5 cm³/mol. The van der Waals surface area contributed by atoms with Crippen LogP contribution in [0, 0.1) is 0 Å². The predicted octanol–water partition coefficient (Wildman–Crippen LogP) is 3.60. The van der Waals surface area contributed by atoms with E-state index in [1.165, 1.54) is 12.8 Å². The van der Waals surface area contributed by atoms with Crippen molar-refractivity contribution in [2.24, 2.45) is 0 Å².